The summed E-state index contributed by atoms with van der Waals surface area (Å²) in [5.41, 5.74) is 2.84. The lowest BCUT2D eigenvalue weighted by atomic mass is 10.1. The molecular formula is C28H32N2O5. The Labute approximate surface area is 206 Å². The van der Waals surface area contributed by atoms with Gasteiger partial charge in [0.25, 0.3) is 0 Å². The third-order valence-corrected chi connectivity index (χ3v) is 5.26. The van der Waals surface area contributed by atoms with Crippen molar-refractivity contribution >= 4 is 12.0 Å². The van der Waals surface area contributed by atoms with Crippen molar-refractivity contribution in [2.45, 2.75) is 32.1 Å². The van der Waals surface area contributed by atoms with Crippen molar-refractivity contribution in [2.24, 2.45) is 0 Å². The van der Waals surface area contributed by atoms with Crippen LogP contribution in [0.2, 0.25) is 0 Å². The fourth-order valence-corrected chi connectivity index (χ4v) is 3.37. The van der Waals surface area contributed by atoms with Crippen molar-refractivity contribution < 1.29 is 23.8 Å². The van der Waals surface area contributed by atoms with Crippen molar-refractivity contribution in [2.75, 3.05) is 20.3 Å². The molecule has 184 valence electrons. The molecule has 0 saturated carbocycles. The summed E-state index contributed by atoms with van der Waals surface area (Å²) in [4.78, 5) is 25.2. The fraction of sp³-hybridized carbons (Fsp3) is 0.286. The van der Waals surface area contributed by atoms with Crippen LogP contribution in [0.1, 0.15) is 23.1 Å². The third-order valence-electron chi connectivity index (χ3n) is 5.26. The maximum Gasteiger partial charge on any atom is 0.408 e. The number of hydrogen-bond acceptors (Lipinski definition) is 5. The number of carbonyl (C=O) groups is 2. The number of benzene rings is 3. The van der Waals surface area contributed by atoms with Crippen molar-refractivity contribution in [3.05, 3.63) is 102 Å². The summed E-state index contributed by atoms with van der Waals surface area (Å²) in [6.07, 6.45) is 0.352. The molecule has 0 aliphatic carbocycles. The topological polar surface area (TPSA) is 85.9 Å². The number of carbonyl (C=O) groups excluding carboxylic acids is 2. The Balaban J connectivity index is 1.57. The quantitative estimate of drug-likeness (QED) is 0.360. The second-order valence-corrected chi connectivity index (χ2v) is 8.02. The van der Waals surface area contributed by atoms with Crippen LogP contribution in [0.25, 0.3) is 0 Å². The van der Waals surface area contributed by atoms with Crippen LogP contribution in [-0.2, 0) is 33.9 Å². The predicted molar refractivity (Wildman–Crippen MR) is 134 cm³/mol. The number of nitrogens with one attached hydrogen (secondary N) is 2. The molecule has 2 N–H and O–H groups in total. The molecular weight excluding hydrogens is 444 g/mol. The molecule has 0 spiro atoms. The molecule has 3 rings (SSSR count). The largest absolute Gasteiger partial charge is 0.489 e. The van der Waals surface area contributed by atoms with Crippen molar-refractivity contribution in [3.8, 4) is 5.75 Å². The van der Waals surface area contributed by atoms with Gasteiger partial charge >= 0.3 is 6.09 Å². The molecule has 7 nitrogen and oxygen atoms in total. The van der Waals surface area contributed by atoms with Gasteiger partial charge in [-0.3, -0.25) is 4.79 Å². The van der Waals surface area contributed by atoms with Crippen molar-refractivity contribution in [3.63, 3.8) is 0 Å². The first-order valence-corrected chi connectivity index (χ1v) is 11.6. The zero-order valence-electron chi connectivity index (χ0n) is 19.9. The zero-order valence-corrected chi connectivity index (χ0v) is 19.9. The lowest BCUT2D eigenvalue weighted by molar-refractivity contribution is -0.123. The van der Waals surface area contributed by atoms with Gasteiger partial charge in [-0.1, -0.05) is 72.8 Å². The van der Waals surface area contributed by atoms with Crippen LogP contribution in [0.4, 0.5) is 4.79 Å². The number of rotatable bonds is 13. The summed E-state index contributed by atoms with van der Waals surface area (Å²) in [7, 11) is 1.61. The molecule has 0 aliphatic heterocycles. The first-order chi connectivity index (χ1) is 17.1. The molecule has 0 radical (unpaired) electrons. The van der Waals surface area contributed by atoms with Gasteiger partial charge in [0.15, 0.2) is 0 Å². The van der Waals surface area contributed by atoms with Gasteiger partial charge in [0.1, 0.15) is 25.0 Å². The highest BCUT2D eigenvalue weighted by Crippen LogP contribution is 2.15. The zero-order chi connectivity index (χ0) is 24.7. The summed E-state index contributed by atoms with van der Waals surface area (Å²) in [5.74, 6) is 0.454. The highest BCUT2D eigenvalue weighted by molar-refractivity contribution is 5.85. The van der Waals surface area contributed by atoms with E-state index in [1.54, 1.807) is 7.11 Å². The van der Waals surface area contributed by atoms with Gasteiger partial charge in [-0.15, -0.1) is 0 Å². The summed E-state index contributed by atoms with van der Waals surface area (Å²) >= 11 is 0. The van der Waals surface area contributed by atoms with Gasteiger partial charge in [-0.25, -0.2) is 4.79 Å². The average molecular weight is 477 g/mol. The molecule has 7 heteroatoms. The summed E-state index contributed by atoms with van der Waals surface area (Å²) in [6, 6.07) is 26.0. The van der Waals surface area contributed by atoms with Crippen LogP contribution in [0.5, 0.6) is 5.75 Å². The minimum Gasteiger partial charge on any atom is -0.489 e. The minimum atomic E-state index is -0.781. The van der Waals surface area contributed by atoms with E-state index >= 15 is 0 Å². The first-order valence-electron chi connectivity index (χ1n) is 11.6. The van der Waals surface area contributed by atoms with E-state index in [4.69, 9.17) is 14.2 Å². The van der Waals surface area contributed by atoms with E-state index in [1.807, 2.05) is 84.9 Å². The van der Waals surface area contributed by atoms with Gasteiger partial charge in [0, 0.05) is 26.7 Å². The van der Waals surface area contributed by atoms with Crippen LogP contribution in [0.15, 0.2) is 84.9 Å². The number of methoxy groups -OCH3 is 1. The lowest BCUT2D eigenvalue weighted by Gasteiger charge is -2.19. The Morgan fingerprint density at radius 1 is 0.800 bits per heavy atom. The summed E-state index contributed by atoms with van der Waals surface area (Å²) in [6.45, 7) is 1.60. The summed E-state index contributed by atoms with van der Waals surface area (Å²) < 4.78 is 16.2. The van der Waals surface area contributed by atoms with Gasteiger partial charge in [-0.2, -0.15) is 0 Å². The Kier molecular flexibility index (Phi) is 10.6. The molecule has 0 saturated heterocycles. The Morgan fingerprint density at radius 2 is 1.43 bits per heavy atom. The molecule has 0 aliphatic rings. The van der Waals surface area contributed by atoms with Crippen LogP contribution < -0.4 is 15.4 Å². The first kappa shape index (κ1) is 25.8. The molecule has 1 atom stereocenters. The highest BCUT2D eigenvalue weighted by Gasteiger charge is 2.22. The predicted octanol–water partition coefficient (Wildman–Crippen LogP) is 4.26. The van der Waals surface area contributed by atoms with E-state index < -0.39 is 12.1 Å². The van der Waals surface area contributed by atoms with E-state index in [1.165, 1.54) is 0 Å². The highest BCUT2D eigenvalue weighted by atomic mass is 16.5. The van der Waals surface area contributed by atoms with Crippen LogP contribution in [0, 0.1) is 0 Å². The Morgan fingerprint density at radius 3 is 2.06 bits per heavy atom. The van der Waals surface area contributed by atoms with E-state index in [-0.39, 0.29) is 12.5 Å². The van der Waals surface area contributed by atoms with E-state index in [2.05, 4.69) is 10.6 Å². The molecule has 3 aromatic rings. The molecule has 35 heavy (non-hydrogen) atoms. The van der Waals surface area contributed by atoms with Crippen molar-refractivity contribution in [1.29, 1.82) is 0 Å². The molecule has 0 aromatic heterocycles. The van der Waals surface area contributed by atoms with Gasteiger partial charge in [0.2, 0.25) is 5.91 Å². The molecule has 0 heterocycles. The number of alkyl carbamates (subject to hydrolysis) is 1. The molecule has 3 aromatic carbocycles. The van der Waals surface area contributed by atoms with Crippen molar-refractivity contribution in [1.82, 2.24) is 10.6 Å². The Hall–Kier alpha value is -3.84. The monoisotopic (exact) mass is 476 g/mol. The minimum absolute atomic E-state index is 0.127. The normalized spacial score (nSPS) is 11.3. The second-order valence-electron chi connectivity index (χ2n) is 8.02. The maximum absolute atomic E-state index is 12.8. The molecule has 0 fully saturated rings. The molecule has 0 bridgehead atoms. The van der Waals surface area contributed by atoms with E-state index in [0.717, 1.165) is 22.4 Å². The van der Waals surface area contributed by atoms with Crippen LogP contribution >= 0.6 is 0 Å². The van der Waals surface area contributed by atoms with Crippen LogP contribution in [0.3, 0.4) is 0 Å². The second kappa shape index (κ2) is 14.4. The smallest absolute Gasteiger partial charge is 0.408 e. The number of amides is 2. The van der Waals surface area contributed by atoms with Gasteiger partial charge in [0.05, 0.1) is 0 Å². The summed E-state index contributed by atoms with van der Waals surface area (Å²) in [5, 5.41) is 5.55. The van der Waals surface area contributed by atoms with Crippen LogP contribution in [-0.4, -0.2) is 38.3 Å². The number of ether oxygens (including phenoxy) is 3. The SMILES string of the molecule is COCCCNC(=O)[C@@H](Cc1ccc(OCc2ccccc2)cc1)NC(=O)OCc1ccccc1. The number of hydrogen-bond donors (Lipinski definition) is 2. The third kappa shape index (κ3) is 9.51. The van der Waals surface area contributed by atoms with Gasteiger partial charge in [-0.05, 0) is 35.2 Å². The van der Waals surface area contributed by atoms with E-state index in [0.29, 0.717) is 32.6 Å². The van der Waals surface area contributed by atoms with Gasteiger partial charge < -0.3 is 24.8 Å². The standard InChI is InChI=1S/C28H32N2O5/c1-33-18-8-17-29-27(31)26(30-28(32)35-21-24-11-6-3-7-12-24)19-22-13-15-25(16-14-22)34-20-23-9-4-2-5-10-23/h2-7,9-16,26H,8,17-21H2,1H3,(H,29,31)(H,30,32)/t26-/m1/s1. The average Bonchev–Trinajstić information content (AvgIpc) is 2.90. The maximum atomic E-state index is 12.8. The Bertz CT molecular complexity index is 1030. The lowest BCUT2D eigenvalue weighted by Crippen LogP contribution is -2.48. The molecule has 2 amide bonds. The fourth-order valence-electron chi connectivity index (χ4n) is 3.37. The van der Waals surface area contributed by atoms with E-state index in [9.17, 15) is 9.59 Å². The molecule has 0 unspecified atom stereocenters.